The van der Waals surface area contributed by atoms with Gasteiger partial charge in [-0.2, -0.15) is 0 Å². The Morgan fingerprint density at radius 3 is 1.69 bits per heavy atom. The van der Waals surface area contributed by atoms with Gasteiger partial charge in [0.2, 0.25) is 5.66 Å². The molecule has 0 spiro atoms. The number of benzene rings is 5. The molecule has 6 aromatic rings. The van der Waals surface area contributed by atoms with Gasteiger partial charge in [0.15, 0.2) is 0 Å². The van der Waals surface area contributed by atoms with E-state index in [4.69, 9.17) is 15.0 Å². The zero-order valence-corrected chi connectivity index (χ0v) is 24.9. The summed E-state index contributed by atoms with van der Waals surface area (Å²) in [6.07, 6.45) is 1.76. The fourth-order valence-electron chi connectivity index (χ4n) is 6.41. The van der Waals surface area contributed by atoms with Gasteiger partial charge in [0.05, 0.1) is 5.41 Å². The first-order valence-electron chi connectivity index (χ1n) is 15.0. The molecule has 7 rings (SSSR count). The predicted octanol–water partition coefficient (Wildman–Crippen LogP) is 9.66. The van der Waals surface area contributed by atoms with Gasteiger partial charge >= 0.3 is 0 Å². The molecule has 0 N–H and O–H groups in total. The fraction of sp³-hybridized carbons (Fsp3) is 0.103. The van der Waals surface area contributed by atoms with Gasteiger partial charge in [-0.3, -0.25) is 4.98 Å². The van der Waals surface area contributed by atoms with Crippen molar-refractivity contribution in [3.8, 4) is 16.9 Å². The summed E-state index contributed by atoms with van der Waals surface area (Å²) in [6.45, 7) is 2.41. The van der Waals surface area contributed by atoms with E-state index >= 15 is 0 Å². The number of aryl methyl sites for hydroxylation is 1. The number of rotatable bonds is 9. The summed E-state index contributed by atoms with van der Waals surface area (Å²) in [7, 11) is 0. The Balaban J connectivity index is 1.40. The topological polar surface area (TPSA) is 71.6 Å². The Labute approximate surface area is 262 Å². The van der Waals surface area contributed by atoms with Crippen LogP contribution < -0.4 is 4.74 Å². The van der Waals surface area contributed by atoms with E-state index in [1.807, 2.05) is 49.4 Å². The Bertz CT molecular complexity index is 1850. The van der Waals surface area contributed by atoms with E-state index in [-0.39, 0.29) is 0 Å². The molecule has 45 heavy (non-hydrogen) atoms. The summed E-state index contributed by atoms with van der Waals surface area (Å²) in [5, 5.41) is 18.4. The van der Waals surface area contributed by atoms with Gasteiger partial charge < -0.3 is 4.74 Å². The normalized spacial score (nSPS) is 13.5. The quantitative estimate of drug-likeness (QED) is 0.159. The zero-order valence-electron chi connectivity index (χ0n) is 24.9. The van der Waals surface area contributed by atoms with E-state index in [1.54, 1.807) is 6.20 Å². The molecule has 1 aromatic heterocycles. The molecular formula is C39H31N5O. The van der Waals surface area contributed by atoms with Crippen LogP contribution in [0.15, 0.2) is 179 Å². The lowest BCUT2D eigenvalue weighted by molar-refractivity contribution is 0.305. The van der Waals surface area contributed by atoms with Crippen LogP contribution >= 0.6 is 0 Å². The first-order chi connectivity index (χ1) is 22.2. The van der Waals surface area contributed by atoms with Gasteiger partial charge in [-0.05, 0) is 56.8 Å². The van der Waals surface area contributed by atoms with Crippen LogP contribution in [0.4, 0.5) is 0 Å². The second-order valence-corrected chi connectivity index (χ2v) is 11.1. The average Bonchev–Trinajstić information content (AvgIpc) is 3.61. The lowest BCUT2D eigenvalue weighted by atomic mass is 9.59. The van der Waals surface area contributed by atoms with Crippen molar-refractivity contribution < 1.29 is 4.74 Å². The van der Waals surface area contributed by atoms with Crippen LogP contribution in [0.1, 0.15) is 33.5 Å². The van der Waals surface area contributed by atoms with Crippen molar-refractivity contribution in [3.05, 3.63) is 191 Å². The van der Waals surface area contributed by atoms with Gasteiger partial charge in [-0.25, -0.2) is 0 Å². The van der Waals surface area contributed by atoms with Crippen LogP contribution in [-0.4, -0.2) is 4.98 Å². The second kappa shape index (κ2) is 12.1. The molecule has 0 bridgehead atoms. The Morgan fingerprint density at radius 2 is 1.13 bits per heavy atom. The molecule has 0 saturated heterocycles. The molecule has 0 radical (unpaired) electrons. The summed E-state index contributed by atoms with van der Waals surface area (Å²) in [5.74, 6) is 0.801. The average molecular weight is 586 g/mol. The van der Waals surface area contributed by atoms with E-state index in [0.29, 0.717) is 6.61 Å². The van der Waals surface area contributed by atoms with Crippen molar-refractivity contribution in [1.82, 2.24) is 4.98 Å². The second-order valence-electron chi connectivity index (χ2n) is 11.1. The molecule has 6 nitrogen and oxygen atoms in total. The minimum absolute atomic E-state index is 0.455. The molecule has 0 atom stereocenters. The third-order valence-electron chi connectivity index (χ3n) is 8.40. The van der Waals surface area contributed by atoms with E-state index < -0.39 is 11.1 Å². The molecule has 0 fully saturated rings. The molecule has 5 aromatic carbocycles. The van der Waals surface area contributed by atoms with Crippen molar-refractivity contribution in [3.63, 3.8) is 0 Å². The molecule has 0 aliphatic carbocycles. The third-order valence-corrected chi connectivity index (χ3v) is 8.40. The SMILES string of the molecule is Cc1cc(OCc2ccc(-c3ccccc3C3(C(c4ccccc4)(c4ccccc4)c4ccccc4)N=NN=N3)cc2)ccn1. The van der Waals surface area contributed by atoms with Crippen LogP contribution in [0.5, 0.6) is 5.75 Å². The monoisotopic (exact) mass is 585 g/mol. The van der Waals surface area contributed by atoms with E-state index in [0.717, 1.165) is 50.4 Å². The highest BCUT2D eigenvalue weighted by Crippen LogP contribution is 2.58. The van der Waals surface area contributed by atoms with E-state index in [9.17, 15) is 0 Å². The third kappa shape index (κ3) is 5.00. The molecule has 0 unspecified atom stereocenters. The molecule has 6 heteroatoms. The van der Waals surface area contributed by atoms with Crippen LogP contribution in [-0.2, 0) is 17.7 Å². The largest absolute Gasteiger partial charge is 0.489 e. The van der Waals surface area contributed by atoms with Crippen LogP contribution in [0.2, 0.25) is 0 Å². The summed E-state index contributed by atoms with van der Waals surface area (Å²) in [4.78, 5) is 4.25. The number of hydrogen-bond acceptors (Lipinski definition) is 6. The summed E-state index contributed by atoms with van der Waals surface area (Å²) in [5.41, 5.74) is 5.91. The lowest BCUT2D eigenvalue weighted by Gasteiger charge is -2.45. The van der Waals surface area contributed by atoms with E-state index in [2.05, 4.69) is 125 Å². The maximum Gasteiger partial charge on any atom is 0.238 e. The van der Waals surface area contributed by atoms with Crippen molar-refractivity contribution in [2.45, 2.75) is 24.6 Å². The maximum atomic E-state index is 6.04. The first kappa shape index (κ1) is 28.0. The molecule has 1 aliphatic rings. The van der Waals surface area contributed by atoms with Gasteiger partial charge in [0.25, 0.3) is 0 Å². The molecular weight excluding hydrogens is 554 g/mol. The van der Waals surface area contributed by atoms with Crippen molar-refractivity contribution in [2.24, 2.45) is 20.7 Å². The Kier molecular flexibility index (Phi) is 7.54. The van der Waals surface area contributed by atoms with Crippen LogP contribution in [0.25, 0.3) is 11.1 Å². The van der Waals surface area contributed by atoms with Crippen LogP contribution in [0.3, 0.4) is 0 Å². The summed E-state index contributed by atoms with van der Waals surface area (Å²) < 4.78 is 6.04. The van der Waals surface area contributed by atoms with Gasteiger partial charge in [-0.15, -0.1) is 10.2 Å². The first-order valence-corrected chi connectivity index (χ1v) is 15.0. The number of nitrogens with zero attached hydrogens (tertiary/aromatic N) is 5. The van der Waals surface area contributed by atoms with Gasteiger partial charge in [0.1, 0.15) is 12.4 Å². The van der Waals surface area contributed by atoms with Gasteiger partial charge in [0, 0.05) is 23.5 Å². The minimum Gasteiger partial charge on any atom is -0.489 e. The smallest absolute Gasteiger partial charge is 0.238 e. The summed E-state index contributed by atoms with van der Waals surface area (Å²) >= 11 is 0. The lowest BCUT2D eigenvalue weighted by Crippen LogP contribution is -2.48. The Hall–Kier alpha value is -5.75. The maximum absolute atomic E-state index is 6.04. The fourth-order valence-corrected chi connectivity index (χ4v) is 6.41. The van der Waals surface area contributed by atoms with Crippen molar-refractivity contribution in [1.29, 1.82) is 0 Å². The minimum atomic E-state index is -1.24. The van der Waals surface area contributed by atoms with Crippen molar-refractivity contribution in [2.75, 3.05) is 0 Å². The highest BCUT2D eigenvalue weighted by molar-refractivity contribution is 5.72. The Morgan fingerprint density at radius 1 is 0.600 bits per heavy atom. The standard InChI is InChI=1S/C39H31N5O/c1-29-27-35(25-26-40-29)45-28-30-21-23-31(24-22-30)36-19-11-12-20-37(36)39(41-43-44-42-39)38(32-13-5-2-6-14-32,33-15-7-3-8-16-33)34-17-9-4-10-18-34/h2-27H,28H2,1H3. The molecule has 218 valence electrons. The van der Waals surface area contributed by atoms with Crippen LogP contribution in [0, 0.1) is 6.92 Å². The van der Waals surface area contributed by atoms with Crippen molar-refractivity contribution >= 4 is 0 Å². The zero-order chi connectivity index (χ0) is 30.5. The molecule has 0 saturated carbocycles. The molecule has 1 aliphatic heterocycles. The number of aromatic nitrogens is 1. The molecule has 2 heterocycles. The highest BCUT2D eigenvalue weighted by atomic mass is 16.5. The highest BCUT2D eigenvalue weighted by Gasteiger charge is 2.60. The summed E-state index contributed by atoms with van der Waals surface area (Å²) in [6, 6.07) is 51.9. The van der Waals surface area contributed by atoms with E-state index in [1.165, 1.54) is 0 Å². The van der Waals surface area contributed by atoms with Gasteiger partial charge in [-0.1, -0.05) is 140 Å². The number of hydrogen-bond donors (Lipinski definition) is 0. The predicted molar refractivity (Wildman–Crippen MR) is 176 cm³/mol. The number of pyridine rings is 1. The number of ether oxygens (including phenoxy) is 1. The molecule has 0 amide bonds.